The van der Waals surface area contributed by atoms with Gasteiger partial charge in [-0.05, 0) is 0 Å². The second-order valence-electron chi connectivity index (χ2n) is 2.58. The summed E-state index contributed by atoms with van der Waals surface area (Å²) in [6.07, 6.45) is -4.43. The predicted octanol–water partition coefficient (Wildman–Crippen LogP) is -4.34. The molecular formula is C6H13Cl3KNO5Pt. The Morgan fingerprint density at radius 3 is 1.76 bits per heavy atom. The average Bonchev–Trinajstić information content (AvgIpc) is 2.24. The van der Waals surface area contributed by atoms with Gasteiger partial charge in [0.05, 0.1) is 12.6 Å². The van der Waals surface area contributed by atoms with Crippen molar-refractivity contribution >= 4 is 34.5 Å². The summed E-state index contributed by atoms with van der Waals surface area (Å²) >= 11 is -1.85. The number of hydrogen-bond donors (Lipinski definition) is 5. The van der Waals surface area contributed by atoms with Gasteiger partial charge < -0.3 is 31.0 Å². The number of aliphatic hydroxyl groups is 4. The molecular weight excluding hydrogens is 507 g/mol. The number of hydrogen-bond acceptors (Lipinski definition) is 6. The Bertz CT molecular complexity index is 192. The fourth-order valence-electron chi connectivity index (χ4n) is 0.644. The van der Waals surface area contributed by atoms with Crippen molar-refractivity contribution in [2.75, 3.05) is 6.61 Å². The third kappa shape index (κ3) is 14.9. The molecule has 104 valence electrons. The summed E-state index contributed by atoms with van der Waals surface area (Å²) < 4.78 is 0. The van der Waals surface area contributed by atoms with Crippen molar-refractivity contribution in [3.8, 4) is 0 Å². The third-order valence-corrected chi connectivity index (χ3v) is 1.48. The van der Waals surface area contributed by atoms with E-state index in [0.717, 1.165) is 0 Å². The number of carbonyl (C=O) groups is 1. The molecule has 0 aliphatic carbocycles. The summed E-state index contributed by atoms with van der Waals surface area (Å²) in [5, 5.41) is 35.2. The molecule has 17 heavy (non-hydrogen) atoms. The molecule has 0 rings (SSSR count). The van der Waals surface area contributed by atoms with Crippen LogP contribution in [0.3, 0.4) is 0 Å². The van der Waals surface area contributed by atoms with Gasteiger partial charge in [-0.3, -0.25) is 0 Å². The molecule has 0 unspecified atom stereocenters. The van der Waals surface area contributed by atoms with Crippen molar-refractivity contribution in [2.45, 2.75) is 24.4 Å². The molecule has 0 aromatic heterocycles. The molecule has 0 heterocycles. The second-order valence-corrected chi connectivity index (χ2v) is 12.4. The van der Waals surface area contributed by atoms with Gasteiger partial charge >= 0.3 is 93.8 Å². The number of halogens is 3. The molecule has 0 amide bonds. The van der Waals surface area contributed by atoms with Crippen LogP contribution in [0.4, 0.5) is 0 Å². The molecule has 6 nitrogen and oxygen atoms in total. The monoisotopic (exact) mass is 518 g/mol. The molecule has 0 aliphatic heterocycles. The minimum Gasteiger partial charge on any atom is 1.00 e. The van der Waals surface area contributed by atoms with E-state index in [1.54, 1.807) is 0 Å². The van der Waals surface area contributed by atoms with E-state index < -0.39 is 45.1 Å². The van der Waals surface area contributed by atoms with Crippen LogP contribution in [0, 0.1) is 0 Å². The SMILES string of the molecule is N[C@@H](C=O)[C@@H](O)[C@H](O)[C@H](O)CO.[Cl][Pt-]([Cl])[Cl].[K+]. The van der Waals surface area contributed by atoms with Crippen LogP contribution in [-0.2, 0) is 19.0 Å². The number of aliphatic hydroxyl groups excluding tert-OH is 4. The standard InChI is InChI=1S/C6H13NO5.3ClH.K.Pt/c7-3(1-8)5(11)6(12)4(10)2-9;;;;;/h1,3-6,9-12H,2,7H2;3*1H;;/q;;;;+1;+2/p-3/t3-,4+,5+,6+;;;;;/m0...../s1. The first-order valence-electron chi connectivity index (χ1n) is 3.76. The quantitative estimate of drug-likeness (QED) is 0.185. The van der Waals surface area contributed by atoms with Crippen molar-refractivity contribution in [1.82, 2.24) is 0 Å². The first-order valence-corrected chi connectivity index (χ1v) is 12.2. The fraction of sp³-hybridized carbons (Fsp3) is 0.833. The summed E-state index contributed by atoms with van der Waals surface area (Å²) in [6.45, 7) is -0.705. The predicted molar refractivity (Wildman–Crippen MR) is 56.7 cm³/mol. The Balaban J connectivity index is -0.000000340. The zero-order valence-electron chi connectivity index (χ0n) is 8.82. The molecule has 0 bridgehead atoms. The molecule has 0 aromatic carbocycles. The average molecular weight is 520 g/mol. The van der Waals surface area contributed by atoms with Crippen LogP contribution in [0.5, 0.6) is 0 Å². The zero-order chi connectivity index (χ0) is 13.3. The molecule has 0 aromatic rings. The van der Waals surface area contributed by atoms with Gasteiger partial charge in [-0.25, -0.2) is 0 Å². The van der Waals surface area contributed by atoms with Crippen LogP contribution in [0.15, 0.2) is 0 Å². The van der Waals surface area contributed by atoms with Crippen molar-refractivity contribution in [3.63, 3.8) is 0 Å². The van der Waals surface area contributed by atoms with Gasteiger partial charge in [0, 0.05) is 0 Å². The summed E-state index contributed by atoms with van der Waals surface area (Å²) in [5.74, 6) is 0. The van der Waals surface area contributed by atoms with Crippen molar-refractivity contribution in [1.29, 1.82) is 0 Å². The van der Waals surface area contributed by atoms with E-state index in [-0.39, 0.29) is 57.7 Å². The molecule has 0 fully saturated rings. The van der Waals surface area contributed by atoms with Crippen LogP contribution >= 0.6 is 28.3 Å². The molecule has 0 saturated heterocycles. The minimum atomic E-state index is -1.85. The topological polar surface area (TPSA) is 124 Å². The Morgan fingerprint density at radius 1 is 1.18 bits per heavy atom. The van der Waals surface area contributed by atoms with E-state index in [1.807, 2.05) is 0 Å². The fourth-order valence-corrected chi connectivity index (χ4v) is 0.644. The summed E-state index contributed by atoms with van der Waals surface area (Å²) in [5.41, 5.74) is 5.04. The van der Waals surface area contributed by atoms with Gasteiger partial charge in [0.1, 0.15) is 24.6 Å². The van der Waals surface area contributed by atoms with Crippen LogP contribution in [0.1, 0.15) is 0 Å². The number of carbonyl (C=O) groups excluding carboxylic acids is 1. The van der Waals surface area contributed by atoms with E-state index >= 15 is 0 Å². The minimum absolute atomic E-state index is 0. The van der Waals surface area contributed by atoms with E-state index in [4.69, 9.17) is 54.4 Å². The number of aldehydes is 1. The Labute approximate surface area is 159 Å². The molecule has 0 spiro atoms. The molecule has 6 N–H and O–H groups in total. The molecule has 0 saturated carbocycles. The third-order valence-electron chi connectivity index (χ3n) is 1.48. The maximum atomic E-state index is 10.0. The van der Waals surface area contributed by atoms with Crippen LogP contribution in [0.25, 0.3) is 0 Å². The maximum absolute atomic E-state index is 10.0. The molecule has 0 radical (unpaired) electrons. The molecule has 11 heteroatoms. The number of rotatable bonds is 5. The van der Waals surface area contributed by atoms with E-state index in [9.17, 15) is 4.79 Å². The van der Waals surface area contributed by atoms with Crippen molar-refractivity contribution in [2.24, 2.45) is 5.73 Å². The number of nitrogens with two attached hydrogens (primary N) is 1. The van der Waals surface area contributed by atoms with E-state index in [2.05, 4.69) is 0 Å². The van der Waals surface area contributed by atoms with Gasteiger partial charge in [0.2, 0.25) is 0 Å². The molecule has 4 atom stereocenters. The van der Waals surface area contributed by atoms with Crippen LogP contribution in [0.2, 0.25) is 0 Å². The van der Waals surface area contributed by atoms with Gasteiger partial charge in [0.15, 0.2) is 0 Å². The normalized spacial score (nSPS) is 17.5. The van der Waals surface area contributed by atoms with Crippen molar-refractivity contribution in [3.05, 3.63) is 0 Å². The summed E-state index contributed by atoms with van der Waals surface area (Å²) in [6, 6.07) is -1.26. The van der Waals surface area contributed by atoms with Gasteiger partial charge in [0.25, 0.3) is 0 Å². The summed E-state index contributed by atoms with van der Waals surface area (Å²) in [7, 11) is 14.9. The van der Waals surface area contributed by atoms with Crippen LogP contribution in [-0.4, -0.2) is 57.7 Å². The summed E-state index contributed by atoms with van der Waals surface area (Å²) in [4.78, 5) is 10.0. The second kappa shape index (κ2) is 15.1. The first-order chi connectivity index (χ1) is 7.27. The molecule has 0 aliphatic rings. The van der Waals surface area contributed by atoms with E-state index in [0.29, 0.717) is 0 Å². The Kier molecular flexibility index (Phi) is 21.9. The van der Waals surface area contributed by atoms with Gasteiger partial charge in [-0.15, -0.1) is 0 Å². The van der Waals surface area contributed by atoms with Gasteiger partial charge in [-0.2, -0.15) is 0 Å². The van der Waals surface area contributed by atoms with Crippen LogP contribution < -0.4 is 57.1 Å². The Hall–Kier alpha value is 2.66. The Morgan fingerprint density at radius 2 is 1.53 bits per heavy atom. The van der Waals surface area contributed by atoms with Crippen molar-refractivity contribution < 1.29 is 90.8 Å². The zero-order valence-corrected chi connectivity index (χ0v) is 16.5. The van der Waals surface area contributed by atoms with E-state index in [1.165, 1.54) is 0 Å². The first kappa shape index (κ1) is 24.7. The van der Waals surface area contributed by atoms with Gasteiger partial charge in [-0.1, -0.05) is 0 Å². The largest absolute Gasteiger partial charge is 1.00 e. The smallest absolute Gasteiger partial charge is 1.00 e. The maximum Gasteiger partial charge on any atom is 1.00 e.